The van der Waals surface area contributed by atoms with Crippen LogP contribution in [0.2, 0.25) is 0 Å². The molecular weight excluding hydrogens is 282 g/mol. The van der Waals surface area contributed by atoms with Gasteiger partial charge in [0.05, 0.1) is 12.7 Å². The summed E-state index contributed by atoms with van der Waals surface area (Å²) in [5.74, 6) is -1.58. The first-order chi connectivity index (χ1) is 9.93. The van der Waals surface area contributed by atoms with Crippen molar-refractivity contribution < 1.29 is 23.4 Å². The minimum absolute atomic E-state index is 0.0545. The first-order valence-corrected chi connectivity index (χ1v) is 6.57. The third-order valence-corrected chi connectivity index (χ3v) is 2.92. The summed E-state index contributed by atoms with van der Waals surface area (Å²) in [6.07, 6.45) is -0.785. The summed E-state index contributed by atoms with van der Waals surface area (Å²) in [5.41, 5.74) is 0.330. The van der Waals surface area contributed by atoms with E-state index in [-0.39, 0.29) is 25.6 Å². The Kier molecular flexibility index (Phi) is 7.04. The molecule has 0 fully saturated rings. The van der Waals surface area contributed by atoms with E-state index < -0.39 is 23.8 Å². The number of benzene rings is 1. The summed E-state index contributed by atoms with van der Waals surface area (Å²) in [6.45, 7) is 2.08. The molecule has 3 N–H and O–H groups in total. The van der Waals surface area contributed by atoms with E-state index in [0.717, 1.165) is 6.07 Å². The molecule has 2 atom stereocenters. The Hall–Kier alpha value is -1.73. The Bertz CT molecular complexity index is 472. The van der Waals surface area contributed by atoms with Crippen molar-refractivity contribution in [1.82, 2.24) is 10.6 Å². The molecule has 0 aliphatic rings. The minimum Gasteiger partial charge on any atom is -0.389 e. The minimum atomic E-state index is -0.785. The van der Waals surface area contributed by atoms with Gasteiger partial charge in [-0.3, -0.25) is 0 Å². The van der Waals surface area contributed by atoms with E-state index in [4.69, 9.17) is 4.74 Å². The molecule has 2 amide bonds. The number of carbonyl (C=O) groups excluding carboxylic acids is 1. The van der Waals surface area contributed by atoms with Gasteiger partial charge in [-0.2, -0.15) is 0 Å². The van der Waals surface area contributed by atoms with Crippen LogP contribution in [0, 0.1) is 11.6 Å². The first kappa shape index (κ1) is 17.3. The van der Waals surface area contributed by atoms with E-state index >= 15 is 0 Å². The van der Waals surface area contributed by atoms with Crippen LogP contribution in [0.3, 0.4) is 0 Å². The lowest BCUT2D eigenvalue weighted by Gasteiger charge is -2.15. The van der Waals surface area contributed by atoms with Gasteiger partial charge in [-0.25, -0.2) is 13.6 Å². The SMILES string of the molecule is COCC(O)CNC(=O)NCC(C)c1ccc(F)cc1F. The highest BCUT2D eigenvalue weighted by atomic mass is 19.1. The fourth-order valence-electron chi connectivity index (χ4n) is 1.78. The van der Waals surface area contributed by atoms with Crippen molar-refractivity contribution >= 4 is 6.03 Å². The van der Waals surface area contributed by atoms with Gasteiger partial charge in [0.2, 0.25) is 0 Å². The predicted molar refractivity (Wildman–Crippen MR) is 74.1 cm³/mol. The van der Waals surface area contributed by atoms with E-state index in [2.05, 4.69) is 10.6 Å². The molecule has 0 aromatic heterocycles. The summed E-state index contributed by atoms with van der Waals surface area (Å²) in [6, 6.07) is 2.87. The van der Waals surface area contributed by atoms with Crippen LogP contribution in [0.25, 0.3) is 0 Å². The Morgan fingerprint density at radius 2 is 2.00 bits per heavy atom. The molecule has 7 heteroatoms. The zero-order chi connectivity index (χ0) is 15.8. The normalized spacial score (nSPS) is 13.6. The third kappa shape index (κ3) is 6.05. The lowest BCUT2D eigenvalue weighted by atomic mass is 10.0. The highest BCUT2D eigenvalue weighted by molar-refractivity contribution is 5.73. The van der Waals surface area contributed by atoms with Gasteiger partial charge >= 0.3 is 6.03 Å². The molecule has 0 spiro atoms. The molecule has 0 heterocycles. The van der Waals surface area contributed by atoms with E-state index in [9.17, 15) is 18.7 Å². The standard InChI is InChI=1S/C14H20F2N2O3/c1-9(12-4-3-10(15)5-13(12)16)6-17-14(20)18-7-11(19)8-21-2/h3-5,9,11,19H,6-8H2,1-2H3,(H2,17,18,20). The maximum atomic E-state index is 13.5. The quantitative estimate of drug-likeness (QED) is 0.712. The molecule has 21 heavy (non-hydrogen) atoms. The highest BCUT2D eigenvalue weighted by Gasteiger charge is 2.13. The number of halogens is 2. The lowest BCUT2D eigenvalue weighted by Crippen LogP contribution is -2.42. The molecule has 1 rings (SSSR count). The fraction of sp³-hybridized carbons (Fsp3) is 0.500. The van der Waals surface area contributed by atoms with Crippen molar-refractivity contribution in [3.8, 4) is 0 Å². The second-order valence-corrected chi connectivity index (χ2v) is 4.77. The molecule has 2 unspecified atom stereocenters. The number of aliphatic hydroxyl groups is 1. The van der Waals surface area contributed by atoms with Crippen molar-refractivity contribution in [2.24, 2.45) is 0 Å². The van der Waals surface area contributed by atoms with Crippen LogP contribution in [0.5, 0.6) is 0 Å². The van der Waals surface area contributed by atoms with Gasteiger partial charge in [0.15, 0.2) is 0 Å². The van der Waals surface area contributed by atoms with Crippen LogP contribution in [0.15, 0.2) is 18.2 Å². The molecular formula is C14H20F2N2O3. The van der Waals surface area contributed by atoms with Gasteiger partial charge in [-0.15, -0.1) is 0 Å². The average Bonchev–Trinajstić information content (AvgIpc) is 2.43. The first-order valence-electron chi connectivity index (χ1n) is 6.57. The summed E-state index contributed by atoms with van der Waals surface area (Å²) in [5, 5.41) is 14.4. The van der Waals surface area contributed by atoms with Crippen LogP contribution in [-0.4, -0.2) is 44.0 Å². The molecule has 1 aromatic carbocycles. The van der Waals surface area contributed by atoms with Crippen molar-refractivity contribution in [2.75, 3.05) is 26.8 Å². The Labute approximate surface area is 122 Å². The number of rotatable bonds is 7. The summed E-state index contributed by atoms with van der Waals surface area (Å²) in [4.78, 5) is 11.5. The lowest BCUT2D eigenvalue weighted by molar-refractivity contribution is 0.0660. The van der Waals surface area contributed by atoms with Crippen molar-refractivity contribution in [1.29, 1.82) is 0 Å². The maximum Gasteiger partial charge on any atom is 0.314 e. The topological polar surface area (TPSA) is 70.6 Å². The van der Waals surface area contributed by atoms with Crippen LogP contribution in [0.4, 0.5) is 13.6 Å². The zero-order valence-corrected chi connectivity index (χ0v) is 12.0. The predicted octanol–water partition coefficient (Wildman–Crippen LogP) is 1.37. The van der Waals surface area contributed by atoms with Gasteiger partial charge in [0, 0.05) is 32.2 Å². The number of hydrogen-bond acceptors (Lipinski definition) is 3. The van der Waals surface area contributed by atoms with Crippen molar-refractivity contribution in [2.45, 2.75) is 18.9 Å². The average molecular weight is 302 g/mol. The second kappa shape index (κ2) is 8.53. The molecule has 0 bridgehead atoms. The number of urea groups is 1. The monoisotopic (exact) mass is 302 g/mol. The van der Waals surface area contributed by atoms with E-state index in [0.29, 0.717) is 5.56 Å². The van der Waals surface area contributed by atoms with Crippen molar-refractivity contribution in [3.63, 3.8) is 0 Å². The van der Waals surface area contributed by atoms with Crippen molar-refractivity contribution in [3.05, 3.63) is 35.4 Å². The molecule has 1 aromatic rings. The summed E-state index contributed by atoms with van der Waals surface area (Å²) < 4.78 is 31.1. The number of carbonyl (C=O) groups is 1. The second-order valence-electron chi connectivity index (χ2n) is 4.77. The number of methoxy groups -OCH3 is 1. The van der Waals surface area contributed by atoms with E-state index in [1.807, 2.05) is 0 Å². The van der Waals surface area contributed by atoms with Crippen LogP contribution >= 0.6 is 0 Å². The molecule has 118 valence electrons. The molecule has 0 saturated heterocycles. The van der Waals surface area contributed by atoms with E-state index in [1.54, 1.807) is 6.92 Å². The molecule has 5 nitrogen and oxygen atoms in total. The van der Waals surface area contributed by atoms with Crippen LogP contribution in [0.1, 0.15) is 18.4 Å². The largest absolute Gasteiger partial charge is 0.389 e. The summed E-state index contributed by atoms with van der Waals surface area (Å²) >= 11 is 0. The molecule has 0 aliphatic heterocycles. The van der Waals surface area contributed by atoms with E-state index in [1.165, 1.54) is 19.2 Å². The Morgan fingerprint density at radius 1 is 1.33 bits per heavy atom. The van der Waals surface area contributed by atoms with Crippen LogP contribution < -0.4 is 10.6 Å². The number of ether oxygens (including phenoxy) is 1. The maximum absolute atomic E-state index is 13.5. The number of amides is 2. The highest BCUT2D eigenvalue weighted by Crippen LogP contribution is 2.18. The number of nitrogens with one attached hydrogen (secondary N) is 2. The Balaban J connectivity index is 2.38. The smallest absolute Gasteiger partial charge is 0.314 e. The third-order valence-electron chi connectivity index (χ3n) is 2.92. The Morgan fingerprint density at radius 3 is 2.62 bits per heavy atom. The van der Waals surface area contributed by atoms with Gasteiger partial charge in [-0.05, 0) is 11.6 Å². The summed E-state index contributed by atoms with van der Waals surface area (Å²) in [7, 11) is 1.45. The molecule has 0 saturated carbocycles. The molecule has 0 radical (unpaired) electrons. The van der Waals surface area contributed by atoms with Gasteiger partial charge < -0.3 is 20.5 Å². The van der Waals surface area contributed by atoms with Gasteiger partial charge in [0.25, 0.3) is 0 Å². The fourth-order valence-corrected chi connectivity index (χ4v) is 1.78. The molecule has 0 aliphatic carbocycles. The van der Waals surface area contributed by atoms with Gasteiger partial charge in [0.1, 0.15) is 11.6 Å². The van der Waals surface area contributed by atoms with Crippen LogP contribution in [-0.2, 0) is 4.74 Å². The van der Waals surface area contributed by atoms with Gasteiger partial charge in [-0.1, -0.05) is 13.0 Å². The number of hydrogen-bond donors (Lipinski definition) is 3. The number of aliphatic hydroxyl groups excluding tert-OH is 1. The zero-order valence-electron chi connectivity index (χ0n) is 12.0.